The van der Waals surface area contributed by atoms with Crippen LogP contribution in [0.15, 0.2) is 76.8 Å². The summed E-state index contributed by atoms with van der Waals surface area (Å²) >= 11 is 3.52. The van der Waals surface area contributed by atoms with Gasteiger partial charge in [0.05, 0.1) is 13.2 Å². The van der Waals surface area contributed by atoms with Crippen LogP contribution in [-0.2, 0) is 11.4 Å². The summed E-state index contributed by atoms with van der Waals surface area (Å²) in [6.45, 7) is 5.16. The Morgan fingerprint density at radius 3 is 2.29 bits per heavy atom. The summed E-state index contributed by atoms with van der Waals surface area (Å²) in [4.78, 5) is 12.7. The number of halogens is 1. The van der Waals surface area contributed by atoms with Crippen molar-refractivity contribution in [2.75, 3.05) is 18.5 Å². The van der Waals surface area contributed by atoms with Gasteiger partial charge in [0, 0.05) is 10.2 Å². The van der Waals surface area contributed by atoms with E-state index < -0.39 is 5.91 Å². The second-order valence-electron chi connectivity index (χ2n) is 7.11. The zero-order valence-electron chi connectivity index (χ0n) is 19.0. The molecular formula is C27H25BrN2O4. The average molecular weight is 521 g/mol. The number of carbonyl (C=O) groups excluding carboxylic acids is 1. The van der Waals surface area contributed by atoms with E-state index in [4.69, 9.17) is 14.2 Å². The predicted molar refractivity (Wildman–Crippen MR) is 136 cm³/mol. The van der Waals surface area contributed by atoms with Crippen molar-refractivity contribution in [2.45, 2.75) is 20.5 Å². The monoisotopic (exact) mass is 520 g/mol. The van der Waals surface area contributed by atoms with Crippen LogP contribution in [0.2, 0.25) is 0 Å². The van der Waals surface area contributed by atoms with Crippen LogP contribution in [0.5, 0.6) is 17.2 Å². The highest BCUT2D eigenvalue weighted by molar-refractivity contribution is 9.10. The number of hydrogen-bond donors (Lipinski definition) is 1. The lowest BCUT2D eigenvalue weighted by atomic mass is 10.1. The topological polar surface area (TPSA) is 80.6 Å². The molecule has 0 fully saturated rings. The summed E-state index contributed by atoms with van der Waals surface area (Å²) in [5.74, 6) is 1.28. The van der Waals surface area contributed by atoms with Gasteiger partial charge in [0.2, 0.25) is 0 Å². The molecule has 0 radical (unpaired) electrons. The molecule has 3 aromatic rings. The third kappa shape index (κ3) is 6.87. The summed E-state index contributed by atoms with van der Waals surface area (Å²) in [6.07, 6.45) is 1.51. The molecule has 1 N–H and O–H groups in total. The van der Waals surface area contributed by atoms with E-state index in [9.17, 15) is 10.1 Å². The van der Waals surface area contributed by atoms with Gasteiger partial charge in [0.25, 0.3) is 5.91 Å². The van der Waals surface area contributed by atoms with E-state index >= 15 is 0 Å². The molecule has 0 saturated heterocycles. The Balaban J connectivity index is 1.80. The molecule has 0 saturated carbocycles. The van der Waals surface area contributed by atoms with Crippen molar-refractivity contribution in [3.05, 3.63) is 87.9 Å². The van der Waals surface area contributed by atoms with Crippen molar-refractivity contribution < 1.29 is 19.0 Å². The van der Waals surface area contributed by atoms with Crippen LogP contribution in [0.3, 0.4) is 0 Å². The molecular weight excluding hydrogens is 496 g/mol. The third-order valence-corrected chi connectivity index (χ3v) is 5.37. The molecule has 1 amide bonds. The zero-order valence-corrected chi connectivity index (χ0v) is 20.6. The Morgan fingerprint density at radius 1 is 0.971 bits per heavy atom. The molecule has 3 rings (SSSR count). The van der Waals surface area contributed by atoms with Gasteiger partial charge in [-0.1, -0.05) is 46.3 Å². The van der Waals surface area contributed by atoms with Crippen LogP contribution >= 0.6 is 15.9 Å². The second-order valence-corrected chi connectivity index (χ2v) is 7.96. The first kappa shape index (κ1) is 24.9. The van der Waals surface area contributed by atoms with Crippen LogP contribution < -0.4 is 19.5 Å². The van der Waals surface area contributed by atoms with E-state index in [1.807, 2.05) is 50.2 Å². The molecule has 34 heavy (non-hydrogen) atoms. The molecule has 0 bridgehead atoms. The number of nitrogens with zero attached hydrogens (tertiary/aromatic N) is 1. The average Bonchev–Trinajstić information content (AvgIpc) is 2.85. The minimum atomic E-state index is -0.513. The molecule has 0 aliphatic heterocycles. The van der Waals surface area contributed by atoms with Gasteiger partial charge in [-0.2, -0.15) is 5.26 Å². The molecule has 0 heterocycles. The van der Waals surface area contributed by atoms with Crippen LogP contribution in [-0.4, -0.2) is 19.1 Å². The van der Waals surface area contributed by atoms with Crippen LogP contribution in [0.25, 0.3) is 6.08 Å². The summed E-state index contributed by atoms with van der Waals surface area (Å²) in [5, 5.41) is 12.3. The molecule has 174 valence electrons. The zero-order chi connectivity index (χ0) is 24.3. The smallest absolute Gasteiger partial charge is 0.266 e. The van der Waals surface area contributed by atoms with Gasteiger partial charge in [-0.15, -0.1) is 0 Å². The van der Waals surface area contributed by atoms with E-state index in [-0.39, 0.29) is 5.57 Å². The number of nitriles is 1. The summed E-state index contributed by atoms with van der Waals surface area (Å²) in [6, 6.07) is 22.3. The van der Waals surface area contributed by atoms with Crippen LogP contribution in [0.1, 0.15) is 25.0 Å². The molecule has 0 atom stereocenters. The molecule has 6 nitrogen and oxygen atoms in total. The number of benzene rings is 3. The number of anilines is 1. The maximum absolute atomic E-state index is 12.7. The molecule has 7 heteroatoms. The lowest BCUT2D eigenvalue weighted by Gasteiger charge is -2.14. The highest BCUT2D eigenvalue weighted by Crippen LogP contribution is 2.35. The van der Waals surface area contributed by atoms with Crippen molar-refractivity contribution in [1.29, 1.82) is 5.26 Å². The van der Waals surface area contributed by atoms with Crippen molar-refractivity contribution in [1.82, 2.24) is 0 Å². The lowest BCUT2D eigenvalue weighted by molar-refractivity contribution is -0.112. The second kappa shape index (κ2) is 12.5. The van der Waals surface area contributed by atoms with Gasteiger partial charge >= 0.3 is 0 Å². The number of hydrogen-bond acceptors (Lipinski definition) is 5. The van der Waals surface area contributed by atoms with Gasteiger partial charge in [-0.05, 0) is 67.4 Å². The van der Waals surface area contributed by atoms with E-state index in [1.54, 1.807) is 36.4 Å². The fraction of sp³-hybridized carbons (Fsp3) is 0.185. The molecule has 0 aliphatic rings. The van der Waals surface area contributed by atoms with E-state index in [1.165, 1.54) is 6.08 Å². The summed E-state index contributed by atoms with van der Waals surface area (Å²) < 4.78 is 17.8. The molecule has 0 aliphatic carbocycles. The number of ether oxygens (including phenoxy) is 3. The normalized spacial score (nSPS) is 10.8. The fourth-order valence-corrected chi connectivity index (χ4v) is 3.52. The Hall–Kier alpha value is -3.76. The summed E-state index contributed by atoms with van der Waals surface area (Å²) in [5.41, 5.74) is 2.17. The van der Waals surface area contributed by atoms with E-state index in [0.29, 0.717) is 52.8 Å². The highest BCUT2D eigenvalue weighted by atomic mass is 79.9. The highest BCUT2D eigenvalue weighted by Gasteiger charge is 2.14. The Kier molecular flexibility index (Phi) is 9.12. The fourth-order valence-electron chi connectivity index (χ4n) is 3.08. The maximum Gasteiger partial charge on any atom is 0.266 e. The van der Waals surface area contributed by atoms with Gasteiger partial charge in [-0.25, -0.2) is 0 Å². The Morgan fingerprint density at radius 2 is 1.65 bits per heavy atom. The van der Waals surface area contributed by atoms with Gasteiger partial charge in [0.15, 0.2) is 11.5 Å². The number of carbonyl (C=O) groups is 1. The Labute approximate surface area is 207 Å². The Bertz CT molecular complexity index is 1190. The number of amides is 1. The van der Waals surface area contributed by atoms with Crippen LogP contribution in [0, 0.1) is 11.3 Å². The standard InChI is InChI=1S/C27H25BrN2O4/c1-3-32-23-12-10-22(11-13-23)30-27(31)21(17-29)14-20-15-25(33-4-2)26(16-24(20)28)34-18-19-8-6-5-7-9-19/h5-16H,3-4,18H2,1-2H3,(H,30,31)/b21-14+. The van der Waals surface area contributed by atoms with Crippen molar-refractivity contribution in [3.63, 3.8) is 0 Å². The minimum Gasteiger partial charge on any atom is -0.494 e. The van der Waals surface area contributed by atoms with Gasteiger partial charge in [0.1, 0.15) is 24.0 Å². The lowest BCUT2D eigenvalue weighted by Crippen LogP contribution is -2.13. The molecule has 3 aromatic carbocycles. The van der Waals surface area contributed by atoms with Gasteiger partial charge in [-0.3, -0.25) is 4.79 Å². The van der Waals surface area contributed by atoms with E-state index in [2.05, 4.69) is 21.2 Å². The van der Waals surface area contributed by atoms with E-state index in [0.717, 1.165) is 5.56 Å². The van der Waals surface area contributed by atoms with Crippen molar-refractivity contribution in [3.8, 4) is 23.3 Å². The quantitative estimate of drug-likeness (QED) is 0.248. The van der Waals surface area contributed by atoms with Gasteiger partial charge < -0.3 is 19.5 Å². The third-order valence-electron chi connectivity index (χ3n) is 4.69. The summed E-state index contributed by atoms with van der Waals surface area (Å²) in [7, 11) is 0. The SMILES string of the molecule is CCOc1ccc(NC(=O)/C(C#N)=C/c2cc(OCC)c(OCc3ccccc3)cc2Br)cc1. The first-order chi connectivity index (χ1) is 16.5. The maximum atomic E-state index is 12.7. The number of rotatable bonds is 10. The minimum absolute atomic E-state index is 0.0463. The largest absolute Gasteiger partial charge is 0.494 e. The molecule has 0 spiro atoms. The van der Waals surface area contributed by atoms with Crippen LogP contribution in [0.4, 0.5) is 5.69 Å². The number of nitrogens with one attached hydrogen (secondary N) is 1. The first-order valence-electron chi connectivity index (χ1n) is 10.8. The first-order valence-corrected chi connectivity index (χ1v) is 11.6. The molecule has 0 unspecified atom stereocenters. The van der Waals surface area contributed by atoms with Crippen molar-refractivity contribution >= 4 is 33.6 Å². The molecule has 0 aromatic heterocycles. The predicted octanol–water partition coefficient (Wildman–Crippen LogP) is 6.37. The van der Waals surface area contributed by atoms with Crippen molar-refractivity contribution in [2.24, 2.45) is 0 Å².